The van der Waals surface area contributed by atoms with E-state index in [1.54, 1.807) is 0 Å². The number of hydrogen-bond acceptors (Lipinski definition) is 3. The molecule has 14 heavy (non-hydrogen) atoms. The van der Waals surface area contributed by atoms with E-state index in [9.17, 15) is 4.79 Å². The first-order valence-electron chi connectivity index (χ1n) is 5.46. The summed E-state index contributed by atoms with van der Waals surface area (Å²) in [5.74, 6) is 0.387. The van der Waals surface area contributed by atoms with Crippen molar-refractivity contribution >= 4 is 5.97 Å². The Morgan fingerprint density at radius 2 is 2.29 bits per heavy atom. The lowest BCUT2D eigenvalue weighted by atomic mass is 9.74. The molecule has 0 aromatic heterocycles. The zero-order chi connectivity index (χ0) is 10.6. The molecule has 0 saturated carbocycles. The van der Waals surface area contributed by atoms with Gasteiger partial charge in [-0.3, -0.25) is 4.79 Å². The van der Waals surface area contributed by atoms with Gasteiger partial charge in [-0.1, -0.05) is 0 Å². The maximum Gasteiger partial charge on any atom is 0.311 e. The third-order valence-electron chi connectivity index (χ3n) is 3.23. The van der Waals surface area contributed by atoms with Gasteiger partial charge in [0, 0.05) is 0 Å². The number of esters is 1. The Hall–Kier alpha value is -0.570. The first-order chi connectivity index (χ1) is 6.59. The van der Waals surface area contributed by atoms with Crippen LogP contribution in [0, 0.1) is 11.3 Å². The van der Waals surface area contributed by atoms with Gasteiger partial charge in [0.25, 0.3) is 0 Å². The highest BCUT2D eigenvalue weighted by Crippen LogP contribution is 2.37. The molecule has 0 amide bonds. The SMILES string of the molecule is CC1(C)C(=O)OCCCC1CCCN. The minimum atomic E-state index is -0.328. The van der Waals surface area contributed by atoms with E-state index < -0.39 is 0 Å². The van der Waals surface area contributed by atoms with Crippen molar-refractivity contribution in [2.24, 2.45) is 17.1 Å². The molecule has 82 valence electrons. The molecule has 0 aromatic rings. The Bertz CT molecular complexity index is 201. The average Bonchev–Trinajstić information content (AvgIpc) is 2.26. The fraction of sp³-hybridized carbons (Fsp3) is 0.909. The Kier molecular flexibility index (Phi) is 3.93. The number of hydrogen-bond donors (Lipinski definition) is 1. The van der Waals surface area contributed by atoms with E-state index in [4.69, 9.17) is 10.5 Å². The highest BCUT2D eigenvalue weighted by atomic mass is 16.5. The van der Waals surface area contributed by atoms with Gasteiger partial charge in [0.2, 0.25) is 0 Å². The second-order valence-electron chi connectivity index (χ2n) is 4.63. The molecule has 1 aliphatic heterocycles. The maximum absolute atomic E-state index is 11.7. The van der Waals surface area contributed by atoms with Crippen LogP contribution in [-0.2, 0) is 9.53 Å². The number of carbonyl (C=O) groups excluding carboxylic acids is 1. The van der Waals surface area contributed by atoms with Crippen molar-refractivity contribution < 1.29 is 9.53 Å². The molecule has 3 heteroatoms. The summed E-state index contributed by atoms with van der Waals surface area (Å²) < 4.78 is 5.16. The summed E-state index contributed by atoms with van der Waals surface area (Å²) in [7, 11) is 0. The van der Waals surface area contributed by atoms with Crippen molar-refractivity contribution in [2.75, 3.05) is 13.2 Å². The van der Waals surface area contributed by atoms with Crippen LogP contribution in [-0.4, -0.2) is 19.1 Å². The third-order valence-corrected chi connectivity index (χ3v) is 3.23. The highest BCUT2D eigenvalue weighted by molar-refractivity contribution is 5.76. The van der Waals surface area contributed by atoms with Gasteiger partial charge >= 0.3 is 5.97 Å². The second kappa shape index (κ2) is 4.78. The van der Waals surface area contributed by atoms with E-state index in [2.05, 4.69) is 0 Å². The molecule has 0 aromatic carbocycles. The monoisotopic (exact) mass is 199 g/mol. The summed E-state index contributed by atoms with van der Waals surface area (Å²) in [6.45, 7) is 5.27. The van der Waals surface area contributed by atoms with Gasteiger partial charge in [0.15, 0.2) is 0 Å². The van der Waals surface area contributed by atoms with Crippen molar-refractivity contribution in [1.82, 2.24) is 0 Å². The molecule has 0 radical (unpaired) electrons. The predicted molar refractivity (Wildman–Crippen MR) is 55.8 cm³/mol. The summed E-state index contributed by atoms with van der Waals surface area (Å²) in [6.07, 6.45) is 4.11. The van der Waals surface area contributed by atoms with Crippen molar-refractivity contribution in [2.45, 2.75) is 39.5 Å². The molecule has 0 bridgehead atoms. The zero-order valence-electron chi connectivity index (χ0n) is 9.21. The number of cyclic esters (lactones) is 1. The summed E-state index contributed by atoms with van der Waals surface area (Å²) in [4.78, 5) is 11.7. The summed E-state index contributed by atoms with van der Waals surface area (Å²) in [5, 5.41) is 0. The minimum absolute atomic E-state index is 0.0444. The molecule has 3 nitrogen and oxygen atoms in total. The fourth-order valence-corrected chi connectivity index (χ4v) is 2.08. The standard InChI is InChI=1S/C11H21NO2/c1-11(2)9(5-3-7-12)6-4-8-14-10(11)13/h9H,3-8,12H2,1-2H3. The molecule has 1 rings (SSSR count). The van der Waals surface area contributed by atoms with Gasteiger partial charge < -0.3 is 10.5 Å². The second-order valence-corrected chi connectivity index (χ2v) is 4.63. The quantitative estimate of drug-likeness (QED) is 0.704. The van der Waals surface area contributed by atoms with Crippen LogP contribution in [0.4, 0.5) is 0 Å². The van der Waals surface area contributed by atoms with Crippen LogP contribution in [0.2, 0.25) is 0 Å². The lowest BCUT2D eigenvalue weighted by molar-refractivity contribution is -0.154. The van der Waals surface area contributed by atoms with Crippen molar-refractivity contribution in [1.29, 1.82) is 0 Å². The topological polar surface area (TPSA) is 52.3 Å². The Morgan fingerprint density at radius 1 is 1.57 bits per heavy atom. The predicted octanol–water partition coefficient (Wildman–Crippen LogP) is 1.70. The Labute approximate surface area is 86.0 Å². The van der Waals surface area contributed by atoms with Gasteiger partial charge in [-0.2, -0.15) is 0 Å². The summed E-state index contributed by atoms with van der Waals surface area (Å²) in [6, 6.07) is 0. The van der Waals surface area contributed by atoms with Gasteiger partial charge in [-0.15, -0.1) is 0 Å². The van der Waals surface area contributed by atoms with Gasteiger partial charge in [-0.05, 0) is 52.0 Å². The molecule has 0 aliphatic carbocycles. The highest BCUT2D eigenvalue weighted by Gasteiger charge is 2.39. The van der Waals surface area contributed by atoms with E-state index in [1.165, 1.54) is 0 Å². The number of nitrogens with two attached hydrogens (primary N) is 1. The molecule has 1 saturated heterocycles. The maximum atomic E-state index is 11.7. The Balaban J connectivity index is 2.64. The van der Waals surface area contributed by atoms with Crippen molar-refractivity contribution in [3.63, 3.8) is 0 Å². The normalized spacial score (nSPS) is 26.8. The first kappa shape index (κ1) is 11.5. The van der Waals surface area contributed by atoms with Crippen LogP contribution in [0.25, 0.3) is 0 Å². The van der Waals surface area contributed by atoms with Crippen LogP contribution < -0.4 is 5.73 Å². The molecule has 1 heterocycles. The van der Waals surface area contributed by atoms with E-state index >= 15 is 0 Å². The van der Waals surface area contributed by atoms with Gasteiger partial charge in [0.05, 0.1) is 12.0 Å². The van der Waals surface area contributed by atoms with Crippen LogP contribution in [0.15, 0.2) is 0 Å². The van der Waals surface area contributed by atoms with E-state index in [1.807, 2.05) is 13.8 Å². The molecule has 1 unspecified atom stereocenters. The zero-order valence-corrected chi connectivity index (χ0v) is 9.21. The van der Waals surface area contributed by atoms with E-state index in [-0.39, 0.29) is 11.4 Å². The number of carbonyl (C=O) groups is 1. The Morgan fingerprint density at radius 3 is 2.93 bits per heavy atom. The third kappa shape index (κ3) is 2.47. The number of ether oxygens (including phenoxy) is 1. The molecular weight excluding hydrogens is 178 g/mol. The smallest absolute Gasteiger partial charge is 0.311 e. The van der Waals surface area contributed by atoms with Crippen LogP contribution >= 0.6 is 0 Å². The minimum Gasteiger partial charge on any atom is -0.465 e. The van der Waals surface area contributed by atoms with E-state index in [0.29, 0.717) is 19.1 Å². The molecule has 2 N–H and O–H groups in total. The van der Waals surface area contributed by atoms with Gasteiger partial charge in [0.1, 0.15) is 0 Å². The van der Waals surface area contributed by atoms with Crippen molar-refractivity contribution in [3.05, 3.63) is 0 Å². The molecule has 1 fully saturated rings. The largest absolute Gasteiger partial charge is 0.465 e. The average molecular weight is 199 g/mol. The molecule has 0 spiro atoms. The summed E-state index contributed by atoms with van der Waals surface area (Å²) in [5.41, 5.74) is 5.16. The van der Waals surface area contributed by atoms with Crippen molar-refractivity contribution in [3.8, 4) is 0 Å². The van der Waals surface area contributed by atoms with Crippen LogP contribution in [0.1, 0.15) is 39.5 Å². The summed E-state index contributed by atoms with van der Waals surface area (Å²) >= 11 is 0. The lowest BCUT2D eigenvalue weighted by Gasteiger charge is -2.29. The van der Waals surface area contributed by atoms with Crippen LogP contribution in [0.5, 0.6) is 0 Å². The molecule has 1 atom stereocenters. The lowest BCUT2D eigenvalue weighted by Crippen LogP contribution is -2.33. The van der Waals surface area contributed by atoms with Gasteiger partial charge in [-0.25, -0.2) is 0 Å². The fourth-order valence-electron chi connectivity index (χ4n) is 2.08. The molecular formula is C11H21NO2. The first-order valence-corrected chi connectivity index (χ1v) is 5.46. The molecule has 1 aliphatic rings. The van der Waals surface area contributed by atoms with E-state index in [0.717, 1.165) is 25.7 Å². The van der Waals surface area contributed by atoms with Crippen LogP contribution in [0.3, 0.4) is 0 Å². The number of rotatable bonds is 3.